The summed E-state index contributed by atoms with van der Waals surface area (Å²) < 4.78 is 0. The number of nitrogens with zero attached hydrogens (tertiary/aromatic N) is 3. The van der Waals surface area contributed by atoms with Crippen molar-refractivity contribution in [1.82, 2.24) is 9.97 Å². The largest absolute Gasteiger partial charge is 0.398 e. The number of hydrogen-bond donors (Lipinski definition) is 1. The van der Waals surface area contributed by atoms with E-state index >= 15 is 0 Å². The number of nitrogens with two attached hydrogens (primary N) is 1. The molecule has 0 fully saturated rings. The zero-order valence-electron chi connectivity index (χ0n) is 11.9. The van der Waals surface area contributed by atoms with Crippen LogP contribution in [0.4, 0.5) is 5.69 Å². The summed E-state index contributed by atoms with van der Waals surface area (Å²) in [5.41, 5.74) is 12.7. The maximum absolute atomic E-state index is 8.89. The number of anilines is 1. The fraction of sp³-hybridized carbons (Fsp3) is 0.118. The Hall–Kier alpha value is -2.93. The first kappa shape index (κ1) is 13.1. The van der Waals surface area contributed by atoms with Crippen molar-refractivity contribution in [2.24, 2.45) is 0 Å². The third-order valence-electron chi connectivity index (χ3n) is 3.61. The van der Waals surface area contributed by atoms with Crippen LogP contribution in [0, 0.1) is 25.2 Å². The smallest absolute Gasteiger partial charge is 0.0992 e. The standard InChI is InChI=1S/C17H14N4/c1-10-5-15-16(6-11(10)2)21-17(9-20-15)13-4-3-12(8-18)7-14(13)19/h3-7,9H,19H2,1-2H3. The van der Waals surface area contributed by atoms with Gasteiger partial charge in [0.1, 0.15) is 0 Å². The van der Waals surface area contributed by atoms with Gasteiger partial charge in [-0.2, -0.15) is 5.26 Å². The summed E-state index contributed by atoms with van der Waals surface area (Å²) in [6.07, 6.45) is 1.72. The number of aryl methyl sites for hydroxylation is 2. The lowest BCUT2D eigenvalue weighted by atomic mass is 10.1. The Morgan fingerprint density at radius 3 is 2.43 bits per heavy atom. The molecule has 2 aromatic carbocycles. The normalized spacial score (nSPS) is 10.5. The molecule has 0 saturated heterocycles. The summed E-state index contributed by atoms with van der Waals surface area (Å²) in [6, 6.07) is 11.3. The van der Waals surface area contributed by atoms with Gasteiger partial charge in [0.05, 0.1) is 34.6 Å². The maximum atomic E-state index is 8.89. The number of rotatable bonds is 1. The molecule has 102 valence electrons. The Morgan fingerprint density at radius 2 is 1.76 bits per heavy atom. The van der Waals surface area contributed by atoms with Gasteiger partial charge in [0.25, 0.3) is 0 Å². The molecule has 0 aliphatic carbocycles. The molecule has 0 saturated carbocycles. The topological polar surface area (TPSA) is 75.6 Å². The van der Waals surface area contributed by atoms with Crippen LogP contribution in [0.5, 0.6) is 0 Å². The third-order valence-corrected chi connectivity index (χ3v) is 3.61. The zero-order chi connectivity index (χ0) is 15.0. The van der Waals surface area contributed by atoms with Crippen molar-refractivity contribution in [1.29, 1.82) is 5.26 Å². The lowest BCUT2D eigenvalue weighted by Crippen LogP contribution is -1.95. The van der Waals surface area contributed by atoms with Gasteiger partial charge in [-0.3, -0.25) is 4.98 Å². The van der Waals surface area contributed by atoms with E-state index in [4.69, 9.17) is 11.0 Å². The first-order valence-corrected chi connectivity index (χ1v) is 6.62. The highest BCUT2D eigenvalue weighted by Crippen LogP contribution is 2.26. The minimum absolute atomic E-state index is 0.534. The molecule has 2 N–H and O–H groups in total. The predicted molar refractivity (Wildman–Crippen MR) is 83.6 cm³/mol. The lowest BCUT2D eigenvalue weighted by Gasteiger charge is -2.08. The molecule has 0 spiro atoms. The van der Waals surface area contributed by atoms with Gasteiger partial charge in [0, 0.05) is 11.3 Å². The molecule has 4 nitrogen and oxygen atoms in total. The van der Waals surface area contributed by atoms with Crippen molar-refractivity contribution in [3.8, 4) is 17.3 Å². The van der Waals surface area contributed by atoms with E-state index in [1.54, 1.807) is 18.3 Å². The van der Waals surface area contributed by atoms with Gasteiger partial charge in [0.15, 0.2) is 0 Å². The van der Waals surface area contributed by atoms with Crippen molar-refractivity contribution >= 4 is 16.7 Å². The fourth-order valence-electron chi connectivity index (χ4n) is 2.26. The molecular formula is C17H14N4. The van der Waals surface area contributed by atoms with Gasteiger partial charge in [0.2, 0.25) is 0 Å². The molecule has 0 aliphatic heterocycles. The van der Waals surface area contributed by atoms with Crippen molar-refractivity contribution in [3.63, 3.8) is 0 Å². The molecule has 4 heteroatoms. The van der Waals surface area contributed by atoms with Crippen molar-refractivity contribution < 1.29 is 0 Å². The fourth-order valence-corrected chi connectivity index (χ4v) is 2.26. The molecule has 1 aromatic heterocycles. The van der Waals surface area contributed by atoms with Gasteiger partial charge in [-0.05, 0) is 55.3 Å². The minimum Gasteiger partial charge on any atom is -0.398 e. The molecule has 0 radical (unpaired) electrons. The van der Waals surface area contributed by atoms with Gasteiger partial charge >= 0.3 is 0 Å². The Bertz CT molecular complexity index is 891. The van der Waals surface area contributed by atoms with Gasteiger partial charge in [-0.25, -0.2) is 4.98 Å². The van der Waals surface area contributed by atoms with E-state index in [9.17, 15) is 0 Å². The molecule has 0 atom stereocenters. The Morgan fingerprint density at radius 1 is 1.05 bits per heavy atom. The van der Waals surface area contributed by atoms with Crippen LogP contribution in [0.25, 0.3) is 22.3 Å². The SMILES string of the molecule is Cc1cc2ncc(-c3ccc(C#N)cc3N)nc2cc1C. The summed E-state index contributed by atoms with van der Waals surface area (Å²) >= 11 is 0. The molecule has 1 heterocycles. The Balaban J connectivity index is 2.17. The zero-order valence-corrected chi connectivity index (χ0v) is 11.9. The highest BCUT2D eigenvalue weighted by atomic mass is 14.8. The molecule has 0 bridgehead atoms. The van der Waals surface area contributed by atoms with E-state index in [2.05, 4.69) is 29.9 Å². The van der Waals surface area contributed by atoms with Gasteiger partial charge < -0.3 is 5.73 Å². The van der Waals surface area contributed by atoms with Crippen LogP contribution in [-0.2, 0) is 0 Å². The molecule has 3 aromatic rings. The molecule has 0 unspecified atom stereocenters. The van der Waals surface area contributed by atoms with E-state index < -0.39 is 0 Å². The van der Waals surface area contributed by atoms with Crippen LogP contribution in [0.2, 0.25) is 0 Å². The van der Waals surface area contributed by atoms with Gasteiger partial charge in [-0.1, -0.05) is 0 Å². The molecule has 0 amide bonds. The molecule has 0 aliphatic rings. The first-order valence-electron chi connectivity index (χ1n) is 6.62. The van der Waals surface area contributed by atoms with Crippen LogP contribution in [0.15, 0.2) is 36.5 Å². The number of benzene rings is 2. The molecule has 3 rings (SSSR count). The highest BCUT2D eigenvalue weighted by Gasteiger charge is 2.08. The summed E-state index contributed by atoms with van der Waals surface area (Å²) in [6.45, 7) is 4.11. The summed E-state index contributed by atoms with van der Waals surface area (Å²) in [5, 5.41) is 8.89. The van der Waals surface area contributed by atoms with E-state index in [1.807, 2.05) is 18.2 Å². The number of aromatic nitrogens is 2. The monoisotopic (exact) mass is 274 g/mol. The van der Waals surface area contributed by atoms with E-state index in [1.165, 1.54) is 11.1 Å². The van der Waals surface area contributed by atoms with Crippen molar-refractivity contribution in [2.75, 3.05) is 5.73 Å². The summed E-state index contributed by atoms with van der Waals surface area (Å²) in [7, 11) is 0. The van der Waals surface area contributed by atoms with E-state index in [0.29, 0.717) is 16.9 Å². The predicted octanol–water partition coefficient (Wildman–Crippen LogP) is 3.37. The Labute approximate surface area is 122 Å². The third kappa shape index (κ3) is 2.30. The number of nitrogen functional groups attached to an aromatic ring is 1. The van der Waals surface area contributed by atoms with E-state index in [0.717, 1.165) is 16.6 Å². The van der Waals surface area contributed by atoms with Crippen molar-refractivity contribution in [3.05, 3.63) is 53.2 Å². The van der Waals surface area contributed by atoms with Crippen LogP contribution in [0.3, 0.4) is 0 Å². The minimum atomic E-state index is 0.534. The second-order valence-corrected chi connectivity index (χ2v) is 5.09. The van der Waals surface area contributed by atoms with Crippen LogP contribution in [-0.4, -0.2) is 9.97 Å². The number of hydrogen-bond acceptors (Lipinski definition) is 4. The molecular weight excluding hydrogens is 260 g/mol. The van der Waals surface area contributed by atoms with Crippen LogP contribution in [0.1, 0.15) is 16.7 Å². The number of fused-ring (bicyclic) bond motifs is 1. The quantitative estimate of drug-likeness (QED) is 0.690. The summed E-state index contributed by atoms with van der Waals surface area (Å²) in [4.78, 5) is 9.10. The van der Waals surface area contributed by atoms with Crippen LogP contribution < -0.4 is 5.73 Å². The number of nitriles is 1. The molecule has 21 heavy (non-hydrogen) atoms. The highest BCUT2D eigenvalue weighted by molar-refractivity contribution is 5.81. The van der Waals surface area contributed by atoms with Gasteiger partial charge in [-0.15, -0.1) is 0 Å². The second kappa shape index (κ2) is 4.88. The first-order chi connectivity index (χ1) is 10.1. The average molecular weight is 274 g/mol. The van der Waals surface area contributed by atoms with Crippen molar-refractivity contribution in [2.45, 2.75) is 13.8 Å². The maximum Gasteiger partial charge on any atom is 0.0992 e. The lowest BCUT2D eigenvalue weighted by molar-refractivity contribution is 1.26. The Kier molecular flexibility index (Phi) is 3.03. The van der Waals surface area contributed by atoms with Crippen LogP contribution >= 0.6 is 0 Å². The summed E-state index contributed by atoms with van der Waals surface area (Å²) in [5.74, 6) is 0. The van der Waals surface area contributed by atoms with E-state index in [-0.39, 0.29) is 0 Å². The second-order valence-electron chi connectivity index (χ2n) is 5.09. The average Bonchev–Trinajstić information content (AvgIpc) is 2.48.